The highest BCUT2D eigenvalue weighted by Gasteiger charge is 2.32. The van der Waals surface area contributed by atoms with Crippen molar-refractivity contribution < 1.29 is 13.6 Å². The van der Waals surface area contributed by atoms with Crippen molar-refractivity contribution in [3.63, 3.8) is 0 Å². The van der Waals surface area contributed by atoms with Gasteiger partial charge in [0.05, 0.1) is 6.04 Å². The number of aryl methyl sites for hydroxylation is 1. The summed E-state index contributed by atoms with van der Waals surface area (Å²) in [6.45, 7) is 0. The number of pyridine rings is 1. The quantitative estimate of drug-likeness (QED) is 0.816. The maximum Gasteiger partial charge on any atom is 0.322 e. The van der Waals surface area contributed by atoms with Crippen molar-refractivity contribution in [3.05, 3.63) is 62.6 Å². The van der Waals surface area contributed by atoms with E-state index in [-0.39, 0.29) is 23.3 Å². The van der Waals surface area contributed by atoms with Crippen LogP contribution in [0.1, 0.15) is 54.1 Å². The van der Waals surface area contributed by atoms with E-state index in [1.54, 1.807) is 11.9 Å². The van der Waals surface area contributed by atoms with Gasteiger partial charge in [-0.2, -0.15) is 0 Å². The summed E-state index contributed by atoms with van der Waals surface area (Å²) in [7, 11) is 1.70. The van der Waals surface area contributed by atoms with Crippen molar-refractivity contribution in [2.24, 2.45) is 0 Å². The zero-order chi connectivity index (χ0) is 19.8. The van der Waals surface area contributed by atoms with Crippen LogP contribution >= 0.6 is 0 Å². The third-order valence-corrected chi connectivity index (χ3v) is 5.85. The summed E-state index contributed by atoms with van der Waals surface area (Å²) in [4.78, 5) is 29.9. The number of hydrogen-bond donors (Lipinski definition) is 2. The Bertz CT molecular complexity index is 986. The van der Waals surface area contributed by atoms with E-state index in [4.69, 9.17) is 0 Å². The van der Waals surface area contributed by atoms with Gasteiger partial charge in [-0.15, -0.1) is 0 Å². The molecule has 28 heavy (non-hydrogen) atoms. The summed E-state index contributed by atoms with van der Waals surface area (Å²) in [6.07, 6.45) is 6.15. The number of nitrogens with one attached hydrogen (secondary N) is 2. The molecule has 1 atom stereocenters. The minimum Gasteiger partial charge on any atom is -0.326 e. The summed E-state index contributed by atoms with van der Waals surface area (Å²) < 4.78 is 26.6. The van der Waals surface area contributed by atoms with Crippen LogP contribution in [0, 0.1) is 11.6 Å². The number of benzene rings is 1. The van der Waals surface area contributed by atoms with Gasteiger partial charge in [-0.3, -0.25) is 4.79 Å². The summed E-state index contributed by atoms with van der Waals surface area (Å²) >= 11 is 0. The third kappa shape index (κ3) is 3.30. The molecule has 148 valence electrons. The molecule has 0 saturated heterocycles. The van der Waals surface area contributed by atoms with Crippen molar-refractivity contribution in [1.82, 2.24) is 9.88 Å². The Balaban J connectivity index is 1.64. The Morgan fingerprint density at radius 3 is 2.61 bits per heavy atom. The lowest BCUT2D eigenvalue weighted by molar-refractivity contribution is 0.196. The first-order chi connectivity index (χ1) is 13.5. The number of anilines is 1. The van der Waals surface area contributed by atoms with E-state index >= 15 is 0 Å². The normalized spacial score (nSPS) is 18.2. The largest absolute Gasteiger partial charge is 0.326 e. The number of fused-ring (bicyclic) bond motifs is 3. The van der Waals surface area contributed by atoms with E-state index in [0.29, 0.717) is 0 Å². The van der Waals surface area contributed by atoms with Gasteiger partial charge in [0.25, 0.3) is 5.56 Å². The van der Waals surface area contributed by atoms with Gasteiger partial charge >= 0.3 is 6.03 Å². The minimum absolute atomic E-state index is 0.00277. The van der Waals surface area contributed by atoms with Crippen molar-refractivity contribution in [1.29, 1.82) is 0 Å². The van der Waals surface area contributed by atoms with Gasteiger partial charge < -0.3 is 15.2 Å². The van der Waals surface area contributed by atoms with Crippen LogP contribution in [-0.4, -0.2) is 23.0 Å². The lowest BCUT2D eigenvalue weighted by Crippen LogP contribution is -2.38. The van der Waals surface area contributed by atoms with Crippen LogP contribution in [-0.2, 0) is 19.3 Å². The maximum absolute atomic E-state index is 13.4. The highest BCUT2D eigenvalue weighted by Crippen LogP contribution is 2.37. The number of nitrogens with zero attached hydrogens (tertiary/aromatic N) is 1. The van der Waals surface area contributed by atoms with E-state index in [1.165, 1.54) is 6.07 Å². The molecule has 4 rings (SSSR count). The highest BCUT2D eigenvalue weighted by atomic mass is 19.2. The second-order valence-electron chi connectivity index (χ2n) is 7.59. The molecule has 1 heterocycles. The van der Waals surface area contributed by atoms with Crippen molar-refractivity contribution in [2.45, 2.75) is 51.0 Å². The molecule has 1 aromatic carbocycles. The second-order valence-corrected chi connectivity index (χ2v) is 7.59. The Morgan fingerprint density at radius 2 is 1.86 bits per heavy atom. The Morgan fingerprint density at radius 1 is 1.11 bits per heavy atom. The zero-order valence-electron chi connectivity index (χ0n) is 15.8. The molecule has 0 radical (unpaired) electrons. The zero-order valence-corrected chi connectivity index (χ0v) is 15.8. The Kier molecular flexibility index (Phi) is 4.91. The number of hydrogen-bond acceptors (Lipinski definition) is 2. The summed E-state index contributed by atoms with van der Waals surface area (Å²) in [6, 6.07) is 2.74. The molecule has 2 amide bonds. The molecule has 0 fully saturated rings. The number of halogens is 2. The molecule has 0 saturated carbocycles. The molecule has 0 bridgehead atoms. The fourth-order valence-electron chi connectivity index (χ4n) is 4.45. The molecule has 2 aliphatic rings. The van der Waals surface area contributed by atoms with Crippen LogP contribution in [0.2, 0.25) is 0 Å². The molecule has 2 aliphatic carbocycles. The molecular formula is C21H23F2N3O2. The summed E-state index contributed by atoms with van der Waals surface area (Å²) in [5.41, 5.74) is 4.16. The molecule has 1 unspecified atom stereocenters. The van der Waals surface area contributed by atoms with E-state index in [1.807, 2.05) is 0 Å². The van der Waals surface area contributed by atoms with Crippen molar-refractivity contribution >= 4 is 11.7 Å². The molecule has 2 aromatic rings. The average molecular weight is 387 g/mol. The second kappa shape index (κ2) is 7.37. The van der Waals surface area contributed by atoms with E-state index in [2.05, 4.69) is 10.3 Å². The van der Waals surface area contributed by atoms with E-state index in [0.717, 1.165) is 79.5 Å². The van der Waals surface area contributed by atoms with E-state index in [9.17, 15) is 18.4 Å². The first-order valence-electron chi connectivity index (χ1n) is 9.71. The molecular weight excluding hydrogens is 364 g/mol. The van der Waals surface area contributed by atoms with Gasteiger partial charge in [0.2, 0.25) is 0 Å². The van der Waals surface area contributed by atoms with Crippen molar-refractivity contribution in [3.8, 4) is 0 Å². The number of rotatable bonds is 2. The molecule has 7 heteroatoms. The Hall–Kier alpha value is -2.70. The number of H-pyrrole nitrogens is 1. The minimum atomic E-state index is -1.00. The fraction of sp³-hybridized carbons (Fsp3) is 0.429. The first-order valence-corrected chi connectivity index (χ1v) is 9.71. The van der Waals surface area contributed by atoms with E-state index < -0.39 is 11.6 Å². The topological polar surface area (TPSA) is 65.2 Å². The molecule has 2 N–H and O–H groups in total. The van der Waals surface area contributed by atoms with Gasteiger partial charge in [0.15, 0.2) is 11.6 Å². The number of aromatic amines is 1. The predicted molar refractivity (Wildman–Crippen MR) is 103 cm³/mol. The molecule has 5 nitrogen and oxygen atoms in total. The number of carbonyl (C=O) groups excluding carboxylic acids is 1. The van der Waals surface area contributed by atoms with Crippen LogP contribution in [0.3, 0.4) is 0 Å². The van der Waals surface area contributed by atoms with Crippen molar-refractivity contribution in [2.75, 3.05) is 12.4 Å². The van der Waals surface area contributed by atoms with Crippen LogP contribution in [0.4, 0.5) is 19.3 Å². The van der Waals surface area contributed by atoms with Crippen LogP contribution in [0.15, 0.2) is 23.0 Å². The number of aromatic nitrogens is 1. The number of urea groups is 1. The van der Waals surface area contributed by atoms with Gasteiger partial charge in [-0.05, 0) is 68.2 Å². The highest BCUT2D eigenvalue weighted by molar-refractivity contribution is 5.89. The third-order valence-electron chi connectivity index (χ3n) is 5.85. The lowest BCUT2D eigenvalue weighted by atomic mass is 9.81. The summed E-state index contributed by atoms with van der Waals surface area (Å²) in [5.74, 6) is -1.96. The van der Waals surface area contributed by atoms with Crippen LogP contribution in [0.25, 0.3) is 0 Å². The average Bonchev–Trinajstić information content (AvgIpc) is 2.70. The molecule has 0 aliphatic heterocycles. The van der Waals surface area contributed by atoms with Crippen LogP contribution in [0.5, 0.6) is 0 Å². The standard InChI is InChI=1S/C21H23F2N3O2/c1-26(21(28)24-12-9-10-15(22)16(23)11-12)18-8-4-7-17-19(18)13-5-2-3-6-14(13)20(27)25-17/h9-11,18H,2-8H2,1H3,(H,24,28)(H,25,27). The fourth-order valence-corrected chi connectivity index (χ4v) is 4.45. The van der Waals surface area contributed by atoms with Gasteiger partial charge in [0, 0.05) is 30.1 Å². The number of amides is 2. The van der Waals surface area contributed by atoms with Gasteiger partial charge in [0.1, 0.15) is 0 Å². The maximum atomic E-state index is 13.4. The molecule has 1 aromatic heterocycles. The Labute approximate surface area is 161 Å². The smallest absolute Gasteiger partial charge is 0.322 e. The molecule has 0 spiro atoms. The SMILES string of the molecule is CN(C(=O)Nc1ccc(F)c(F)c1)C1CCCc2[nH]c(=O)c3c(c21)CCCC3. The number of carbonyl (C=O) groups is 1. The lowest BCUT2D eigenvalue weighted by Gasteiger charge is -2.36. The van der Waals surface area contributed by atoms with Gasteiger partial charge in [-0.25, -0.2) is 13.6 Å². The summed E-state index contributed by atoms with van der Waals surface area (Å²) in [5, 5.41) is 2.64. The first kappa shape index (κ1) is 18.7. The predicted octanol–water partition coefficient (Wildman–Crippen LogP) is 4.07. The monoisotopic (exact) mass is 387 g/mol. The van der Waals surface area contributed by atoms with Gasteiger partial charge in [-0.1, -0.05) is 0 Å². The van der Waals surface area contributed by atoms with Crippen LogP contribution < -0.4 is 10.9 Å².